The van der Waals surface area contributed by atoms with Crippen LogP contribution in [0, 0.1) is 6.92 Å². The van der Waals surface area contributed by atoms with Crippen LogP contribution in [0.25, 0.3) is 0 Å². The summed E-state index contributed by atoms with van der Waals surface area (Å²) in [7, 11) is 1.90. The third-order valence-electron chi connectivity index (χ3n) is 4.29. The molecule has 1 aliphatic heterocycles. The van der Waals surface area contributed by atoms with Crippen LogP contribution in [0.4, 0.5) is 11.6 Å². The molecule has 2 aliphatic rings. The molecule has 0 bridgehead atoms. The molecule has 110 valence electrons. The second kappa shape index (κ2) is 4.88. The molecule has 1 unspecified atom stereocenters. The zero-order valence-corrected chi connectivity index (χ0v) is 12.6. The quantitative estimate of drug-likeness (QED) is 0.885. The van der Waals surface area contributed by atoms with E-state index in [4.69, 9.17) is 4.98 Å². The first-order chi connectivity index (χ1) is 9.50. The van der Waals surface area contributed by atoms with Crippen LogP contribution in [0.3, 0.4) is 0 Å². The Balaban J connectivity index is 1.96. The van der Waals surface area contributed by atoms with Crippen molar-refractivity contribution >= 4 is 11.6 Å². The number of rotatable bonds is 3. The minimum atomic E-state index is -0.616. The van der Waals surface area contributed by atoms with E-state index in [2.05, 4.69) is 22.1 Å². The summed E-state index contributed by atoms with van der Waals surface area (Å²) in [5.41, 5.74) is 0.462. The van der Waals surface area contributed by atoms with E-state index in [0.29, 0.717) is 12.5 Å². The number of aromatic nitrogens is 2. The maximum atomic E-state index is 10.3. The summed E-state index contributed by atoms with van der Waals surface area (Å²) in [6.45, 7) is 5.58. The fraction of sp³-hybridized carbons (Fsp3) is 0.733. The Morgan fingerprint density at radius 1 is 1.35 bits per heavy atom. The lowest BCUT2D eigenvalue weighted by Gasteiger charge is -2.38. The number of anilines is 2. The minimum Gasteiger partial charge on any atom is -0.388 e. The van der Waals surface area contributed by atoms with Gasteiger partial charge < -0.3 is 15.3 Å². The van der Waals surface area contributed by atoms with Gasteiger partial charge in [0, 0.05) is 31.6 Å². The van der Waals surface area contributed by atoms with Crippen molar-refractivity contribution in [2.24, 2.45) is 0 Å². The highest BCUT2D eigenvalue weighted by Crippen LogP contribution is 2.40. The maximum Gasteiger partial charge on any atom is 0.137 e. The molecule has 1 atom stereocenters. The van der Waals surface area contributed by atoms with E-state index in [0.717, 1.165) is 42.4 Å². The van der Waals surface area contributed by atoms with Crippen LogP contribution in [0.15, 0.2) is 0 Å². The number of hydrogen-bond acceptors (Lipinski definition) is 5. The summed E-state index contributed by atoms with van der Waals surface area (Å²) in [5, 5.41) is 13.5. The van der Waals surface area contributed by atoms with E-state index in [1.54, 1.807) is 0 Å². The Bertz CT molecular complexity index is 511. The molecule has 0 radical (unpaired) electrons. The van der Waals surface area contributed by atoms with Crippen LogP contribution in [0.5, 0.6) is 0 Å². The monoisotopic (exact) mass is 276 g/mol. The molecule has 0 spiro atoms. The first-order valence-electron chi connectivity index (χ1n) is 7.54. The van der Waals surface area contributed by atoms with Gasteiger partial charge in [-0.05, 0) is 39.5 Å². The smallest absolute Gasteiger partial charge is 0.137 e. The second-order valence-corrected chi connectivity index (χ2v) is 6.43. The third kappa shape index (κ3) is 2.59. The number of hydrogen-bond donors (Lipinski definition) is 2. The molecule has 2 fully saturated rings. The molecule has 1 aromatic heterocycles. The van der Waals surface area contributed by atoms with Crippen molar-refractivity contribution in [3.8, 4) is 0 Å². The highest BCUT2D eigenvalue weighted by Gasteiger charge is 2.32. The predicted octanol–water partition coefficient (Wildman–Crippen LogP) is 2.06. The van der Waals surface area contributed by atoms with Gasteiger partial charge in [-0.2, -0.15) is 0 Å². The number of piperidine rings is 1. The molecule has 2 heterocycles. The molecule has 1 aliphatic carbocycles. The van der Waals surface area contributed by atoms with Gasteiger partial charge in [0.05, 0.1) is 5.60 Å². The van der Waals surface area contributed by atoms with E-state index < -0.39 is 5.60 Å². The van der Waals surface area contributed by atoms with Crippen LogP contribution in [0.1, 0.15) is 49.9 Å². The van der Waals surface area contributed by atoms with Crippen LogP contribution in [-0.4, -0.2) is 40.8 Å². The van der Waals surface area contributed by atoms with Gasteiger partial charge in [-0.3, -0.25) is 0 Å². The molecule has 5 nitrogen and oxygen atoms in total. The van der Waals surface area contributed by atoms with Gasteiger partial charge in [-0.15, -0.1) is 0 Å². The van der Waals surface area contributed by atoms with Gasteiger partial charge in [-0.1, -0.05) is 0 Å². The maximum absolute atomic E-state index is 10.3. The molecule has 0 aromatic carbocycles. The molecule has 2 N–H and O–H groups in total. The molecular weight excluding hydrogens is 252 g/mol. The summed E-state index contributed by atoms with van der Waals surface area (Å²) < 4.78 is 0. The lowest BCUT2D eigenvalue weighted by Crippen LogP contribution is -2.46. The second-order valence-electron chi connectivity index (χ2n) is 6.43. The first kappa shape index (κ1) is 13.6. The van der Waals surface area contributed by atoms with Gasteiger partial charge in [0.25, 0.3) is 0 Å². The zero-order chi connectivity index (χ0) is 14.3. The fourth-order valence-corrected chi connectivity index (χ4v) is 3.00. The molecular formula is C15H24N4O. The SMILES string of the molecule is CNc1nc(C2CC2)nc(N2CCCC(C)(O)C2)c1C. The van der Waals surface area contributed by atoms with Crippen LogP contribution in [0.2, 0.25) is 0 Å². The predicted molar refractivity (Wildman–Crippen MR) is 80.4 cm³/mol. The van der Waals surface area contributed by atoms with E-state index in [9.17, 15) is 5.11 Å². The summed E-state index contributed by atoms with van der Waals surface area (Å²) in [5.74, 6) is 3.40. The Hall–Kier alpha value is -1.36. The Labute approximate surface area is 120 Å². The highest BCUT2D eigenvalue weighted by molar-refractivity contribution is 5.59. The number of nitrogens with zero attached hydrogens (tertiary/aromatic N) is 3. The van der Waals surface area contributed by atoms with Gasteiger partial charge in [-0.25, -0.2) is 9.97 Å². The molecule has 5 heteroatoms. The lowest BCUT2D eigenvalue weighted by molar-refractivity contribution is 0.0446. The van der Waals surface area contributed by atoms with Crippen molar-refractivity contribution in [2.45, 2.75) is 51.0 Å². The standard InChI is InChI=1S/C15H24N4O/c1-10-12(16-3)17-13(11-5-6-11)18-14(10)19-8-4-7-15(2,20)9-19/h11,20H,4-9H2,1-3H3,(H,16,17,18). The van der Waals surface area contributed by atoms with E-state index in [1.807, 2.05) is 14.0 Å². The molecule has 1 saturated carbocycles. The Morgan fingerprint density at radius 2 is 2.10 bits per heavy atom. The van der Waals surface area contributed by atoms with Crippen molar-refractivity contribution in [3.05, 3.63) is 11.4 Å². The molecule has 1 aromatic rings. The van der Waals surface area contributed by atoms with Crippen molar-refractivity contribution in [1.82, 2.24) is 9.97 Å². The molecule has 0 amide bonds. The largest absolute Gasteiger partial charge is 0.388 e. The first-order valence-corrected chi connectivity index (χ1v) is 7.54. The van der Waals surface area contributed by atoms with Crippen molar-refractivity contribution in [3.63, 3.8) is 0 Å². The van der Waals surface area contributed by atoms with Gasteiger partial charge in [0.2, 0.25) is 0 Å². The van der Waals surface area contributed by atoms with Gasteiger partial charge in [0.1, 0.15) is 17.5 Å². The van der Waals surface area contributed by atoms with Crippen molar-refractivity contribution < 1.29 is 5.11 Å². The molecule has 3 rings (SSSR count). The van der Waals surface area contributed by atoms with Gasteiger partial charge in [0.15, 0.2) is 0 Å². The van der Waals surface area contributed by atoms with E-state index in [-0.39, 0.29) is 0 Å². The molecule has 20 heavy (non-hydrogen) atoms. The summed E-state index contributed by atoms with van der Waals surface area (Å²) in [4.78, 5) is 11.6. The summed E-state index contributed by atoms with van der Waals surface area (Å²) in [6.07, 6.45) is 4.26. The lowest BCUT2D eigenvalue weighted by atomic mass is 9.95. The minimum absolute atomic E-state index is 0.534. The van der Waals surface area contributed by atoms with Crippen molar-refractivity contribution in [1.29, 1.82) is 0 Å². The average Bonchev–Trinajstić information content (AvgIpc) is 3.22. The topological polar surface area (TPSA) is 61.3 Å². The molecule has 1 saturated heterocycles. The number of nitrogens with one attached hydrogen (secondary N) is 1. The van der Waals surface area contributed by atoms with Crippen LogP contribution in [-0.2, 0) is 0 Å². The van der Waals surface area contributed by atoms with E-state index in [1.165, 1.54) is 12.8 Å². The van der Waals surface area contributed by atoms with E-state index >= 15 is 0 Å². The average molecular weight is 276 g/mol. The Morgan fingerprint density at radius 3 is 2.70 bits per heavy atom. The van der Waals surface area contributed by atoms with Gasteiger partial charge >= 0.3 is 0 Å². The normalized spacial score (nSPS) is 26.7. The van der Waals surface area contributed by atoms with Crippen molar-refractivity contribution in [2.75, 3.05) is 30.4 Å². The number of β-amino-alcohol motifs (C(OH)–C–C–N with tert-alkyl or cyclic N) is 1. The number of aliphatic hydroxyl groups is 1. The zero-order valence-electron chi connectivity index (χ0n) is 12.6. The fourth-order valence-electron chi connectivity index (χ4n) is 3.00. The summed E-state index contributed by atoms with van der Waals surface area (Å²) >= 11 is 0. The Kier molecular flexibility index (Phi) is 3.32. The summed E-state index contributed by atoms with van der Waals surface area (Å²) in [6, 6.07) is 0. The van der Waals surface area contributed by atoms with Crippen LogP contribution >= 0.6 is 0 Å². The highest BCUT2D eigenvalue weighted by atomic mass is 16.3. The van der Waals surface area contributed by atoms with Crippen LogP contribution < -0.4 is 10.2 Å². The third-order valence-corrected chi connectivity index (χ3v) is 4.29.